The molecule has 0 aliphatic heterocycles. The number of para-hydroxylation sites is 3. The van der Waals surface area contributed by atoms with Crippen LogP contribution < -0.4 is 0 Å². The molecule has 0 fully saturated rings. The van der Waals surface area contributed by atoms with Crippen LogP contribution in [0.15, 0.2) is 133 Å². The molecule has 6 aromatic carbocycles. The molecular formula is C40H22N4S. The van der Waals surface area contributed by atoms with Gasteiger partial charge in [0.2, 0.25) is 5.95 Å². The summed E-state index contributed by atoms with van der Waals surface area (Å²) >= 11 is 1.77. The minimum absolute atomic E-state index is 0.693. The lowest BCUT2D eigenvalue weighted by atomic mass is 10.0. The molecule has 0 aliphatic rings. The van der Waals surface area contributed by atoms with Crippen LogP contribution in [0.2, 0.25) is 0 Å². The molecule has 5 heteroatoms. The molecule has 5 aromatic heterocycles. The Labute approximate surface area is 260 Å². The lowest BCUT2D eigenvalue weighted by molar-refractivity contribution is 1.02. The third-order valence-corrected chi connectivity index (χ3v) is 10.6. The molecule has 45 heavy (non-hydrogen) atoms. The van der Waals surface area contributed by atoms with Crippen LogP contribution in [-0.2, 0) is 0 Å². The highest BCUT2D eigenvalue weighted by atomic mass is 32.1. The number of hydrogen-bond acceptors (Lipinski definition) is 3. The lowest BCUT2D eigenvalue weighted by Gasteiger charge is -2.11. The zero-order chi connectivity index (χ0) is 29.2. The average molecular weight is 591 g/mol. The second kappa shape index (κ2) is 8.44. The van der Waals surface area contributed by atoms with Crippen molar-refractivity contribution in [3.8, 4) is 17.2 Å². The first kappa shape index (κ1) is 23.6. The van der Waals surface area contributed by atoms with Gasteiger partial charge in [-0.15, -0.1) is 11.3 Å². The van der Waals surface area contributed by atoms with E-state index >= 15 is 0 Å². The maximum absolute atomic E-state index is 5.44. The molecule has 0 atom stereocenters. The van der Waals surface area contributed by atoms with Gasteiger partial charge >= 0.3 is 0 Å². The molecule has 0 unspecified atom stereocenters. The molecule has 208 valence electrons. The highest BCUT2D eigenvalue weighted by Crippen LogP contribution is 2.47. The van der Waals surface area contributed by atoms with Crippen LogP contribution >= 0.6 is 11.3 Å². The molecular weight excluding hydrogens is 569 g/mol. The van der Waals surface area contributed by atoms with Crippen molar-refractivity contribution < 1.29 is 0 Å². The molecule has 5 heterocycles. The second-order valence-electron chi connectivity index (χ2n) is 11.8. The number of thiophene rings is 1. The summed E-state index contributed by atoms with van der Waals surface area (Å²) in [7, 11) is 0. The first-order valence-electron chi connectivity index (χ1n) is 15.2. The van der Waals surface area contributed by atoms with Crippen LogP contribution in [0.1, 0.15) is 0 Å². The highest BCUT2D eigenvalue weighted by molar-refractivity contribution is 7.26. The normalized spacial score (nSPS) is 12.4. The predicted molar refractivity (Wildman–Crippen MR) is 189 cm³/mol. The maximum Gasteiger partial charge on any atom is 0.235 e. The Morgan fingerprint density at radius 1 is 0.489 bits per heavy atom. The Bertz CT molecular complexity index is 2980. The van der Waals surface area contributed by atoms with E-state index in [2.05, 4.69) is 142 Å². The molecule has 0 saturated heterocycles. The van der Waals surface area contributed by atoms with E-state index < -0.39 is 0 Å². The Morgan fingerprint density at radius 3 is 1.89 bits per heavy atom. The van der Waals surface area contributed by atoms with Crippen molar-refractivity contribution in [1.29, 1.82) is 0 Å². The molecule has 11 rings (SSSR count). The molecule has 0 bridgehead atoms. The number of aromatic nitrogens is 4. The Kier molecular flexibility index (Phi) is 4.43. The summed E-state index contributed by atoms with van der Waals surface area (Å²) in [5, 5.41) is 8.61. The van der Waals surface area contributed by atoms with E-state index in [4.69, 9.17) is 9.97 Å². The zero-order valence-electron chi connectivity index (χ0n) is 23.9. The summed E-state index contributed by atoms with van der Waals surface area (Å²) in [5.41, 5.74) is 9.01. The third-order valence-electron chi connectivity index (χ3n) is 9.46. The van der Waals surface area contributed by atoms with Crippen LogP contribution in [0.4, 0.5) is 0 Å². The fourth-order valence-corrected chi connectivity index (χ4v) is 8.79. The van der Waals surface area contributed by atoms with Crippen LogP contribution in [0.5, 0.6) is 0 Å². The molecule has 0 spiro atoms. The van der Waals surface area contributed by atoms with E-state index in [9.17, 15) is 0 Å². The molecule has 0 aliphatic carbocycles. The Balaban J connectivity index is 1.40. The molecule has 11 aromatic rings. The van der Waals surface area contributed by atoms with Crippen molar-refractivity contribution in [2.45, 2.75) is 0 Å². The maximum atomic E-state index is 5.44. The monoisotopic (exact) mass is 590 g/mol. The van der Waals surface area contributed by atoms with Crippen molar-refractivity contribution in [3.63, 3.8) is 0 Å². The predicted octanol–water partition coefficient (Wildman–Crippen LogP) is 10.8. The molecule has 0 saturated carbocycles. The van der Waals surface area contributed by atoms with Gasteiger partial charge in [0, 0.05) is 48.0 Å². The van der Waals surface area contributed by atoms with Crippen LogP contribution in [0.3, 0.4) is 0 Å². The summed E-state index contributed by atoms with van der Waals surface area (Å²) in [4.78, 5) is 10.9. The lowest BCUT2D eigenvalue weighted by Crippen LogP contribution is -2.03. The molecule has 0 radical (unpaired) electrons. The van der Waals surface area contributed by atoms with E-state index in [0.29, 0.717) is 5.95 Å². The van der Waals surface area contributed by atoms with Gasteiger partial charge < -0.3 is 4.40 Å². The Morgan fingerprint density at radius 2 is 1.09 bits per heavy atom. The summed E-state index contributed by atoms with van der Waals surface area (Å²) < 4.78 is 7.10. The fourth-order valence-electron chi connectivity index (χ4n) is 7.64. The molecule has 0 amide bonds. The first-order valence-corrected chi connectivity index (χ1v) is 16.0. The fraction of sp³-hybridized carbons (Fsp3) is 0. The standard InChI is InChI=1S/C40H22N4S/c1-2-12-23(13-3-1)35-39-36(27-17-7-11-21-33(27)45-39)42-40(41-35)44-31-19-9-5-15-25(31)29-22-28-24-14-4-8-18-30(24)43-32-20-10-6-16-26(32)34(37(28)43)38(29)44/h1-22H. The average Bonchev–Trinajstić information content (AvgIpc) is 3.83. The van der Waals surface area contributed by atoms with Gasteiger partial charge in [-0.2, -0.15) is 0 Å². The highest BCUT2D eigenvalue weighted by Gasteiger charge is 2.26. The SMILES string of the molecule is c1ccc(-c2nc(-n3c4ccccc4c4cc5c6ccccc6n6c7ccccc7c(c43)c56)nc3c2sc2ccccc23)cc1. The van der Waals surface area contributed by atoms with Gasteiger partial charge in [0.15, 0.2) is 0 Å². The summed E-state index contributed by atoms with van der Waals surface area (Å²) in [6, 6.07) is 47.8. The van der Waals surface area contributed by atoms with Crippen molar-refractivity contribution >= 4 is 91.5 Å². The van der Waals surface area contributed by atoms with Crippen LogP contribution in [0, 0.1) is 0 Å². The van der Waals surface area contributed by atoms with Crippen molar-refractivity contribution in [3.05, 3.63) is 133 Å². The first-order chi connectivity index (χ1) is 22.3. The number of rotatable bonds is 2. The van der Waals surface area contributed by atoms with Gasteiger partial charge in [-0.3, -0.25) is 4.57 Å². The van der Waals surface area contributed by atoms with E-state index in [1.165, 1.54) is 53.6 Å². The number of fused-ring (bicyclic) bond motifs is 13. The smallest absolute Gasteiger partial charge is 0.235 e. The van der Waals surface area contributed by atoms with E-state index in [1.54, 1.807) is 11.3 Å². The number of benzene rings is 6. The van der Waals surface area contributed by atoms with Gasteiger partial charge in [0.25, 0.3) is 0 Å². The molecule has 4 nitrogen and oxygen atoms in total. The topological polar surface area (TPSA) is 35.1 Å². The zero-order valence-corrected chi connectivity index (χ0v) is 24.7. The summed E-state index contributed by atoms with van der Waals surface area (Å²) in [6.45, 7) is 0. The Hall–Kier alpha value is -5.78. The van der Waals surface area contributed by atoms with Gasteiger partial charge in [-0.1, -0.05) is 103 Å². The van der Waals surface area contributed by atoms with Crippen molar-refractivity contribution in [2.24, 2.45) is 0 Å². The van der Waals surface area contributed by atoms with Crippen LogP contribution in [-0.4, -0.2) is 18.9 Å². The van der Waals surface area contributed by atoms with Gasteiger partial charge in [-0.05, 0) is 30.3 Å². The second-order valence-corrected chi connectivity index (χ2v) is 12.8. The van der Waals surface area contributed by atoms with E-state index in [-0.39, 0.29) is 0 Å². The van der Waals surface area contributed by atoms with E-state index in [1.807, 2.05) is 0 Å². The van der Waals surface area contributed by atoms with Gasteiger partial charge in [-0.25, -0.2) is 9.97 Å². The van der Waals surface area contributed by atoms with Crippen molar-refractivity contribution in [1.82, 2.24) is 18.9 Å². The van der Waals surface area contributed by atoms with Gasteiger partial charge in [0.05, 0.1) is 43.5 Å². The minimum Gasteiger partial charge on any atom is -0.308 e. The van der Waals surface area contributed by atoms with Crippen molar-refractivity contribution in [2.75, 3.05) is 0 Å². The molecule has 0 N–H and O–H groups in total. The third kappa shape index (κ3) is 2.96. The largest absolute Gasteiger partial charge is 0.308 e. The summed E-state index contributed by atoms with van der Waals surface area (Å²) in [5.74, 6) is 0.693. The summed E-state index contributed by atoms with van der Waals surface area (Å²) in [6.07, 6.45) is 0. The number of nitrogens with zero attached hydrogens (tertiary/aromatic N) is 4. The van der Waals surface area contributed by atoms with Gasteiger partial charge in [0.1, 0.15) is 0 Å². The number of hydrogen-bond donors (Lipinski definition) is 0. The van der Waals surface area contributed by atoms with E-state index in [0.717, 1.165) is 37.9 Å². The quantitative estimate of drug-likeness (QED) is 0.201. The minimum atomic E-state index is 0.693. The van der Waals surface area contributed by atoms with Crippen LogP contribution in [0.25, 0.3) is 97.4 Å².